The minimum Gasteiger partial charge on any atom is -0.744 e. The summed E-state index contributed by atoms with van der Waals surface area (Å²) in [5.74, 6) is 0. The van der Waals surface area contributed by atoms with Gasteiger partial charge in [0.15, 0.2) is 0 Å². The van der Waals surface area contributed by atoms with Crippen molar-refractivity contribution in [3.05, 3.63) is 83.9 Å². The number of hydrogen-bond donors (Lipinski definition) is 0. The van der Waals surface area contributed by atoms with Gasteiger partial charge in [0.25, 0.3) is 0 Å². The summed E-state index contributed by atoms with van der Waals surface area (Å²) < 4.78 is 67.6. The Balaban J connectivity index is 0.000000227. The fourth-order valence-electron chi connectivity index (χ4n) is 3.72. The Morgan fingerprint density at radius 1 is 0.576 bits per heavy atom. The third-order valence-corrected chi connectivity index (χ3v) is 7.15. The molecule has 0 N–H and O–H groups in total. The Hall–Kier alpha value is -1.52. The van der Waals surface area contributed by atoms with E-state index in [1.54, 1.807) is 48.5 Å². The smallest absolute Gasteiger partial charge is 0.744 e. The normalized spacial score (nSPS) is 11.5. The molecule has 0 aliphatic carbocycles. The minimum atomic E-state index is -4.42. The number of aryl methyl sites for hydroxylation is 2. The van der Waals surface area contributed by atoms with Gasteiger partial charge in [0.1, 0.15) is 20.2 Å². The van der Waals surface area contributed by atoms with E-state index in [9.17, 15) is 25.9 Å². The second-order valence-corrected chi connectivity index (χ2v) is 9.80. The van der Waals surface area contributed by atoms with Crippen molar-refractivity contribution in [2.45, 2.75) is 36.5 Å². The predicted molar refractivity (Wildman–Crippen MR) is 128 cm³/mol. The Labute approximate surface area is 224 Å². The monoisotopic (exact) mass is 510 g/mol. The number of rotatable bonds is 4. The SMILES string of the molecule is CCc1ccc2ccccc2c1S(=O)(=O)[O-].CCc1ccc2ccccc2c1S(=O)(=O)[O-].[Ca+2]. The maximum absolute atomic E-state index is 11.3. The molecule has 0 unspecified atom stereocenters. The van der Waals surface area contributed by atoms with Crippen LogP contribution in [-0.4, -0.2) is 63.7 Å². The van der Waals surface area contributed by atoms with Crippen LogP contribution in [0.4, 0.5) is 0 Å². The standard InChI is InChI=1S/2C12H12O3S.Ca/c2*1-2-9-7-8-10-5-3-4-6-11(10)12(9)16(13,14)15;/h2*3-8H,2H2,1H3,(H,13,14,15);/q;;+2/p-2. The summed E-state index contributed by atoms with van der Waals surface area (Å²) in [6.45, 7) is 3.66. The van der Waals surface area contributed by atoms with Gasteiger partial charge in [0.05, 0.1) is 9.79 Å². The van der Waals surface area contributed by atoms with Gasteiger partial charge in [-0.25, -0.2) is 16.8 Å². The molecular formula is C24H22CaO6S2. The molecule has 0 heterocycles. The first kappa shape index (κ1) is 27.7. The fraction of sp³-hybridized carbons (Fsp3) is 0.167. The topological polar surface area (TPSA) is 114 Å². The number of fused-ring (bicyclic) bond motifs is 2. The van der Waals surface area contributed by atoms with E-state index in [0.29, 0.717) is 34.7 Å². The summed E-state index contributed by atoms with van der Waals surface area (Å²) in [7, 11) is -8.84. The molecule has 0 aromatic heterocycles. The molecule has 0 amide bonds. The second kappa shape index (κ2) is 11.3. The Bertz CT molecular complexity index is 1380. The maximum atomic E-state index is 11.3. The van der Waals surface area contributed by atoms with Crippen LogP contribution in [0.5, 0.6) is 0 Å². The summed E-state index contributed by atoms with van der Waals surface area (Å²) in [6, 6.07) is 21.1. The van der Waals surface area contributed by atoms with Crippen molar-refractivity contribution >= 4 is 79.5 Å². The maximum Gasteiger partial charge on any atom is 2.00 e. The van der Waals surface area contributed by atoms with Gasteiger partial charge in [-0.3, -0.25) is 0 Å². The van der Waals surface area contributed by atoms with Gasteiger partial charge in [-0.15, -0.1) is 0 Å². The third-order valence-electron chi connectivity index (χ3n) is 5.18. The molecular weight excluding hydrogens is 488 g/mol. The first-order valence-electron chi connectivity index (χ1n) is 10.0. The van der Waals surface area contributed by atoms with Gasteiger partial charge < -0.3 is 9.11 Å². The molecule has 0 saturated carbocycles. The van der Waals surface area contributed by atoms with E-state index in [2.05, 4.69) is 0 Å². The van der Waals surface area contributed by atoms with Gasteiger partial charge in [-0.2, -0.15) is 0 Å². The second-order valence-electron chi connectivity index (χ2n) is 7.17. The molecule has 4 rings (SSSR count). The van der Waals surface area contributed by atoms with E-state index in [4.69, 9.17) is 0 Å². The van der Waals surface area contributed by atoms with E-state index in [1.807, 2.05) is 38.1 Å². The van der Waals surface area contributed by atoms with Crippen LogP contribution < -0.4 is 0 Å². The summed E-state index contributed by atoms with van der Waals surface area (Å²) in [5, 5.41) is 2.57. The van der Waals surface area contributed by atoms with Crippen LogP contribution in [-0.2, 0) is 33.1 Å². The average Bonchev–Trinajstić information content (AvgIpc) is 2.76. The molecule has 0 fully saturated rings. The zero-order chi connectivity index (χ0) is 23.5. The Morgan fingerprint density at radius 3 is 1.21 bits per heavy atom. The van der Waals surface area contributed by atoms with E-state index in [1.165, 1.54) is 0 Å². The van der Waals surface area contributed by atoms with Crippen molar-refractivity contribution in [3.63, 3.8) is 0 Å². The van der Waals surface area contributed by atoms with Crippen LogP contribution in [0.3, 0.4) is 0 Å². The van der Waals surface area contributed by atoms with Crippen molar-refractivity contribution in [3.8, 4) is 0 Å². The Morgan fingerprint density at radius 2 is 0.909 bits per heavy atom. The fourth-order valence-corrected chi connectivity index (χ4v) is 5.70. The summed E-state index contributed by atoms with van der Waals surface area (Å²) in [4.78, 5) is -0.152. The van der Waals surface area contributed by atoms with Crippen molar-refractivity contribution in [2.75, 3.05) is 0 Å². The van der Waals surface area contributed by atoms with Crippen molar-refractivity contribution < 1.29 is 25.9 Å². The van der Waals surface area contributed by atoms with E-state index >= 15 is 0 Å². The van der Waals surface area contributed by atoms with Crippen LogP contribution in [0.2, 0.25) is 0 Å². The molecule has 0 bridgehead atoms. The average molecular weight is 511 g/mol. The first-order chi connectivity index (χ1) is 15.1. The molecule has 0 atom stereocenters. The van der Waals surface area contributed by atoms with Crippen molar-refractivity contribution in [2.24, 2.45) is 0 Å². The summed E-state index contributed by atoms with van der Waals surface area (Å²) >= 11 is 0. The van der Waals surface area contributed by atoms with Crippen LogP contribution in [0.25, 0.3) is 21.5 Å². The van der Waals surface area contributed by atoms with Crippen LogP contribution in [0, 0.1) is 0 Å². The zero-order valence-corrected chi connectivity index (χ0v) is 22.2. The van der Waals surface area contributed by atoms with E-state index in [-0.39, 0.29) is 47.5 Å². The molecule has 4 aromatic carbocycles. The van der Waals surface area contributed by atoms with Gasteiger partial charge in [-0.1, -0.05) is 86.6 Å². The Kier molecular flexibility index (Phi) is 9.47. The third kappa shape index (κ3) is 6.33. The minimum absolute atomic E-state index is 0. The van der Waals surface area contributed by atoms with Crippen molar-refractivity contribution in [1.82, 2.24) is 0 Å². The van der Waals surface area contributed by atoms with Gasteiger partial charge >= 0.3 is 37.7 Å². The molecule has 0 aliphatic rings. The molecule has 6 nitrogen and oxygen atoms in total. The van der Waals surface area contributed by atoms with Crippen molar-refractivity contribution in [1.29, 1.82) is 0 Å². The molecule has 9 heteroatoms. The summed E-state index contributed by atoms with van der Waals surface area (Å²) in [6.07, 6.45) is 1.06. The van der Waals surface area contributed by atoms with E-state index < -0.39 is 20.2 Å². The largest absolute Gasteiger partial charge is 2.00 e. The molecule has 0 spiro atoms. The zero-order valence-electron chi connectivity index (χ0n) is 18.3. The molecule has 0 saturated heterocycles. The van der Waals surface area contributed by atoms with E-state index in [0.717, 1.165) is 10.8 Å². The predicted octanol–water partition coefficient (Wildman–Crippen LogP) is 4.23. The number of benzene rings is 4. The number of hydrogen-bond acceptors (Lipinski definition) is 6. The molecule has 168 valence electrons. The molecule has 4 aromatic rings. The first-order valence-corrected chi connectivity index (χ1v) is 12.8. The van der Waals surface area contributed by atoms with Gasteiger partial charge in [0, 0.05) is 0 Å². The summed E-state index contributed by atoms with van der Waals surface area (Å²) in [5.41, 5.74) is 1.16. The van der Waals surface area contributed by atoms with Crippen LogP contribution in [0.15, 0.2) is 82.6 Å². The quantitative estimate of drug-likeness (QED) is 0.300. The molecule has 33 heavy (non-hydrogen) atoms. The van der Waals surface area contributed by atoms with Crippen LogP contribution >= 0.6 is 0 Å². The van der Waals surface area contributed by atoms with Crippen LogP contribution in [0.1, 0.15) is 25.0 Å². The van der Waals surface area contributed by atoms with Gasteiger partial charge in [-0.05, 0) is 45.5 Å². The molecule has 0 aliphatic heterocycles. The molecule has 0 radical (unpaired) electrons. The van der Waals surface area contributed by atoms with Gasteiger partial charge in [0.2, 0.25) is 0 Å².